The van der Waals surface area contributed by atoms with Gasteiger partial charge in [-0.2, -0.15) is 13.2 Å². The topological polar surface area (TPSA) is 92.6 Å². The quantitative estimate of drug-likeness (QED) is 0.731. The lowest BCUT2D eigenvalue weighted by molar-refractivity contribution is -0.137. The molecular formula is C21H26F3N3O3. The van der Waals surface area contributed by atoms with Crippen LogP contribution >= 0.6 is 0 Å². The summed E-state index contributed by atoms with van der Waals surface area (Å²) in [6, 6.07) is 4.86. The van der Waals surface area contributed by atoms with E-state index in [0.29, 0.717) is 30.5 Å². The van der Waals surface area contributed by atoms with Gasteiger partial charge in [0.2, 0.25) is 0 Å². The molecule has 1 amide bonds. The van der Waals surface area contributed by atoms with E-state index in [1.165, 1.54) is 12.1 Å². The Morgan fingerprint density at radius 2 is 1.83 bits per heavy atom. The molecule has 3 N–H and O–H groups in total. The Labute approximate surface area is 172 Å². The molecule has 9 heteroatoms. The molecule has 1 aromatic heterocycles. The molecule has 0 radical (unpaired) electrons. The SMILES string of the molecule is CC(C)N(Cc1c(C(N)=O)noc1-c1ccc(C(F)(F)F)cc1)C1CCC(O)CC1. The molecular weight excluding hydrogens is 399 g/mol. The minimum absolute atomic E-state index is 0.0219. The van der Waals surface area contributed by atoms with Crippen molar-refractivity contribution in [3.05, 3.63) is 41.1 Å². The summed E-state index contributed by atoms with van der Waals surface area (Å²) in [7, 11) is 0. The molecule has 0 atom stereocenters. The molecule has 1 fully saturated rings. The molecule has 164 valence electrons. The number of aliphatic hydroxyl groups is 1. The molecule has 0 bridgehead atoms. The predicted molar refractivity (Wildman–Crippen MR) is 104 cm³/mol. The molecule has 3 rings (SSSR count). The third-order valence-electron chi connectivity index (χ3n) is 5.64. The Hall–Kier alpha value is -2.39. The number of aliphatic hydroxyl groups excluding tert-OH is 1. The number of hydrogen-bond donors (Lipinski definition) is 2. The Morgan fingerprint density at radius 3 is 2.33 bits per heavy atom. The highest BCUT2D eigenvalue weighted by Gasteiger charge is 2.32. The molecule has 0 saturated heterocycles. The molecule has 6 nitrogen and oxygen atoms in total. The van der Waals surface area contributed by atoms with Crippen LogP contribution in [0.2, 0.25) is 0 Å². The van der Waals surface area contributed by atoms with E-state index in [0.717, 1.165) is 25.0 Å². The number of hydrogen-bond acceptors (Lipinski definition) is 5. The molecule has 1 saturated carbocycles. The summed E-state index contributed by atoms with van der Waals surface area (Å²) in [5.74, 6) is -0.520. The molecule has 1 aromatic carbocycles. The number of rotatable bonds is 6. The van der Waals surface area contributed by atoms with Crippen molar-refractivity contribution in [3.8, 4) is 11.3 Å². The van der Waals surface area contributed by atoms with E-state index in [1.54, 1.807) is 0 Å². The van der Waals surface area contributed by atoms with E-state index in [4.69, 9.17) is 10.3 Å². The number of benzene rings is 1. The van der Waals surface area contributed by atoms with Crippen molar-refractivity contribution in [3.63, 3.8) is 0 Å². The van der Waals surface area contributed by atoms with Crippen molar-refractivity contribution in [2.75, 3.05) is 0 Å². The van der Waals surface area contributed by atoms with Gasteiger partial charge < -0.3 is 15.4 Å². The van der Waals surface area contributed by atoms with E-state index in [1.807, 2.05) is 13.8 Å². The highest BCUT2D eigenvalue weighted by atomic mass is 19.4. The van der Waals surface area contributed by atoms with E-state index in [9.17, 15) is 23.1 Å². The molecule has 30 heavy (non-hydrogen) atoms. The first-order chi connectivity index (χ1) is 14.1. The zero-order valence-corrected chi connectivity index (χ0v) is 16.9. The van der Waals surface area contributed by atoms with Crippen molar-refractivity contribution in [2.24, 2.45) is 5.73 Å². The van der Waals surface area contributed by atoms with E-state index in [-0.39, 0.29) is 29.6 Å². The number of carbonyl (C=O) groups is 1. The van der Waals surface area contributed by atoms with Gasteiger partial charge in [0, 0.05) is 29.8 Å². The fourth-order valence-electron chi connectivity index (χ4n) is 3.99. The second-order valence-corrected chi connectivity index (χ2v) is 8.01. The number of aromatic nitrogens is 1. The third kappa shape index (κ3) is 4.84. The third-order valence-corrected chi connectivity index (χ3v) is 5.64. The predicted octanol–water partition coefficient (Wildman–Crippen LogP) is 3.97. The average Bonchev–Trinajstić information content (AvgIpc) is 3.10. The van der Waals surface area contributed by atoms with Crippen molar-refractivity contribution < 1.29 is 27.6 Å². The Morgan fingerprint density at radius 1 is 1.23 bits per heavy atom. The molecule has 2 aromatic rings. The summed E-state index contributed by atoms with van der Waals surface area (Å²) in [5.41, 5.74) is 5.53. The van der Waals surface area contributed by atoms with Crippen LogP contribution in [-0.4, -0.2) is 39.3 Å². The van der Waals surface area contributed by atoms with Gasteiger partial charge in [-0.25, -0.2) is 0 Å². The van der Waals surface area contributed by atoms with Gasteiger partial charge in [0.1, 0.15) is 0 Å². The van der Waals surface area contributed by atoms with Crippen LogP contribution in [-0.2, 0) is 12.7 Å². The van der Waals surface area contributed by atoms with Gasteiger partial charge in [0.05, 0.1) is 11.7 Å². The van der Waals surface area contributed by atoms with E-state index < -0.39 is 17.6 Å². The van der Waals surface area contributed by atoms with Gasteiger partial charge in [0.25, 0.3) is 5.91 Å². The maximum atomic E-state index is 12.9. The molecule has 1 aliphatic rings. The van der Waals surface area contributed by atoms with Crippen LogP contribution in [0.1, 0.15) is 61.1 Å². The molecule has 0 spiro atoms. The minimum atomic E-state index is -4.44. The molecule has 0 aliphatic heterocycles. The highest BCUT2D eigenvalue weighted by molar-refractivity contribution is 5.93. The fourth-order valence-corrected chi connectivity index (χ4v) is 3.99. The summed E-state index contributed by atoms with van der Waals surface area (Å²) < 4.78 is 44.0. The normalized spacial score (nSPS) is 20.1. The van der Waals surface area contributed by atoms with Gasteiger partial charge in [-0.3, -0.25) is 9.69 Å². The standard InChI is InChI=1S/C21H26F3N3O3/c1-12(2)27(15-7-9-16(28)10-8-15)11-17-18(20(25)29)26-30-19(17)13-3-5-14(6-4-13)21(22,23)24/h3-6,12,15-16,28H,7-11H2,1-2H3,(H2,25,29). The van der Waals surface area contributed by atoms with E-state index in [2.05, 4.69) is 10.1 Å². The second kappa shape index (κ2) is 8.77. The van der Waals surface area contributed by atoms with Gasteiger partial charge in [-0.1, -0.05) is 17.3 Å². The van der Waals surface area contributed by atoms with Crippen LogP contribution in [0.4, 0.5) is 13.2 Å². The lowest BCUT2D eigenvalue weighted by atomic mass is 9.90. The minimum Gasteiger partial charge on any atom is -0.393 e. The maximum Gasteiger partial charge on any atom is 0.416 e. The number of alkyl halides is 3. The molecule has 1 aliphatic carbocycles. The van der Waals surface area contributed by atoms with E-state index >= 15 is 0 Å². The second-order valence-electron chi connectivity index (χ2n) is 8.01. The number of amides is 1. The Balaban J connectivity index is 1.95. The van der Waals surface area contributed by atoms with Gasteiger partial charge in [0.15, 0.2) is 11.5 Å². The largest absolute Gasteiger partial charge is 0.416 e. The van der Waals surface area contributed by atoms with Crippen LogP contribution in [0, 0.1) is 0 Å². The number of primary amides is 1. The number of nitrogens with zero attached hydrogens (tertiary/aromatic N) is 2. The van der Waals surface area contributed by atoms with Crippen LogP contribution in [0.25, 0.3) is 11.3 Å². The summed E-state index contributed by atoms with van der Waals surface area (Å²) in [4.78, 5) is 14.1. The van der Waals surface area contributed by atoms with Crippen LogP contribution < -0.4 is 5.73 Å². The van der Waals surface area contributed by atoms with Crippen LogP contribution in [0.15, 0.2) is 28.8 Å². The average molecular weight is 425 g/mol. The zero-order chi connectivity index (χ0) is 22.1. The van der Waals surface area contributed by atoms with Crippen LogP contribution in [0.5, 0.6) is 0 Å². The fraction of sp³-hybridized carbons (Fsp3) is 0.524. The first-order valence-electron chi connectivity index (χ1n) is 9.97. The monoisotopic (exact) mass is 425 g/mol. The molecule has 0 unspecified atom stereocenters. The summed E-state index contributed by atoms with van der Waals surface area (Å²) in [6.07, 6.45) is -1.72. The van der Waals surface area contributed by atoms with Crippen molar-refractivity contribution >= 4 is 5.91 Å². The molecule has 1 heterocycles. The van der Waals surface area contributed by atoms with Gasteiger partial charge >= 0.3 is 6.18 Å². The maximum absolute atomic E-state index is 12.9. The smallest absolute Gasteiger partial charge is 0.393 e. The zero-order valence-electron chi connectivity index (χ0n) is 16.9. The van der Waals surface area contributed by atoms with Crippen molar-refractivity contribution in [1.29, 1.82) is 0 Å². The summed E-state index contributed by atoms with van der Waals surface area (Å²) in [6.45, 7) is 4.37. The van der Waals surface area contributed by atoms with Gasteiger partial charge in [-0.05, 0) is 51.7 Å². The number of carbonyl (C=O) groups excluding carboxylic acids is 1. The van der Waals surface area contributed by atoms with Crippen LogP contribution in [0.3, 0.4) is 0 Å². The number of nitrogens with two attached hydrogens (primary N) is 1. The summed E-state index contributed by atoms with van der Waals surface area (Å²) >= 11 is 0. The Bertz CT molecular complexity index is 870. The number of halogens is 3. The van der Waals surface area contributed by atoms with Crippen molar-refractivity contribution in [2.45, 2.75) is 70.4 Å². The van der Waals surface area contributed by atoms with Gasteiger partial charge in [-0.15, -0.1) is 0 Å². The lowest BCUT2D eigenvalue weighted by Crippen LogP contribution is -2.43. The Kier molecular flexibility index (Phi) is 6.52. The lowest BCUT2D eigenvalue weighted by Gasteiger charge is -2.38. The highest BCUT2D eigenvalue weighted by Crippen LogP contribution is 2.34. The first-order valence-corrected chi connectivity index (χ1v) is 9.97. The van der Waals surface area contributed by atoms with Crippen molar-refractivity contribution in [1.82, 2.24) is 10.1 Å². The summed E-state index contributed by atoms with van der Waals surface area (Å²) in [5, 5.41) is 13.6. The first kappa shape index (κ1) is 22.3.